The lowest BCUT2D eigenvalue weighted by Gasteiger charge is -2.18. The molecule has 0 aliphatic rings. The minimum Gasteiger partial charge on any atom is -0.310 e. The SMILES string of the molecule is CCNC(Cc1cccnc1)c1ccc(S(C)(=O)=O)cc1. The summed E-state index contributed by atoms with van der Waals surface area (Å²) in [4.78, 5) is 4.48. The second kappa shape index (κ2) is 6.83. The highest BCUT2D eigenvalue weighted by molar-refractivity contribution is 7.90. The summed E-state index contributed by atoms with van der Waals surface area (Å²) in [7, 11) is -3.15. The van der Waals surface area contributed by atoms with Gasteiger partial charge in [0.05, 0.1) is 4.90 Å². The maximum Gasteiger partial charge on any atom is 0.175 e. The number of sulfone groups is 1. The number of nitrogens with one attached hydrogen (secondary N) is 1. The molecule has 1 atom stereocenters. The van der Waals surface area contributed by atoms with Gasteiger partial charge in [-0.2, -0.15) is 0 Å². The van der Waals surface area contributed by atoms with Crippen molar-refractivity contribution in [1.29, 1.82) is 0 Å². The first-order valence-electron chi connectivity index (χ1n) is 6.93. The van der Waals surface area contributed by atoms with Crippen LogP contribution in [0, 0.1) is 0 Å². The average Bonchev–Trinajstić information content (AvgIpc) is 2.47. The standard InChI is InChI=1S/C16H20N2O2S/c1-3-18-16(11-13-5-4-10-17-12-13)14-6-8-15(9-7-14)21(2,19)20/h4-10,12,16,18H,3,11H2,1-2H3. The highest BCUT2D eigenvalue weighted by Crippen LogP contribution is 2.20. The van der Waals surface area contributed by atoms with E-state index in [9.17, 15) is 8.42 Å². The van der Waals surface area contributed by atoms with Gasteiger partial charge in [0.2, 0.25) is 0 Å². The number of likely N-dealkylation sites (N-methyl/N-ethyl adjacent to an activating group) is 1. The Kier molecular flexibility index (Phi) is 5.09. The number of hydrogen-bond acceptors (Lipinski definition) is 4. The Labute approximate surface area is 126 Å². The normalized spacial score (nSPS) is 13.0. The summed E-state index contributed by atoms with van der Waals surface area (Å²) in [5.74, 6) is 0. The van der Waals surface area contributed by atoms with E-state index in [1.54, 1.807) is 18.3 Å². The third kappa shape index (κ3) is 4.37. The Morgan fingerprint density at radius 1 is 1.19 bits per heavy atom. The third-order valence-corrected chi connectivity index (χ3v) is 4.45. The van der Waals surface area contributed by atoms with Crippen LogP contribution in [-0.2, 0) is 16.3 Å². The summed E-state index contributed by atoms with van der Waals surface area (Å²) in [6.07, 6.45) is 5.65. The van der Waals surface area contributed by atoms with Crippen LogP contribution in [0.15, 0.2) is 53.7 Å². The van der Waals surface area contributed by atoms with E-state index < -0.39 is 9.84 Å². The lowest BCUT2D eigenvalue weighted by atomic mass is 10.00. The highest BCUT2D eigenvalue weighted by atomic mass is 32.2. The van der Waals surface area contributed by atoms with Gasteiger partial charge in [-0.25, -0.2) is 8.42 Å². The summed E-state index contributed by atoms with van der Waals surface area (Å²) in [6, 6.07) is 11.2. The van der Waals surface area contributed by atoms with Gasteiger partial charge in [0.15, 0.2) is 9.84 Å². The molecule has 0 aliphatic carbocycles. The fourth-order valence-corrected chi connectivity index (χ4v) is 2.89. The van der Waals surface area contributed by atoms with Crippen molar-refractivity contribution in [2.24, 2.45) is 0 Å². The second-order valence-electron chi connectivity index (χ2n) is 5.02. The largest absolute Gasteiger partial charge is 0.310 e. The van der Waals surface area contributed by atoms with E-state index in [1.165, 1.54) is 6.26 Å². The molecule has 0 saturated carbocycles. The van der Waals surface area contributed by atoms with E-state index in [1.807, 2.05) is 30.5 Å². The summed E-state index contributed by atoms with van der Waals surface area (Å²) in [6.45, 7) is 2.90. The fourth-order valence-electron chi connectivity index (χ4n) is 2.26. The minimum atomic E-state index is -3.15. The van der Waals surface area contributed by atoms with Gasteiger partial charge in [-0.3, -0.25) is 4.98 Å². The Balaban J connectivity index is 2.22. The van der Waals surface area contributed by atoms with Crippen LogP contribution < -0.4 is 5.32 Å². The topological polar surface area (TPSA) is 59.1 Å². The smallest absolute Gasteiger partial charge is 0.175 e. The predicted molar refractivity (Wildman–Crippen MR) is 83.9 cm³/mol. The molecular formula is C16H20N2O2S. The maximum atomic E-state index is 11.5. The first kappa shape index (κ1) is 15.7. The van der Waals surface area contributed by atoms with Crippen LogP contribution in [-0.4, -0.2) is 26.2 Å². The van der Waals surface area contributed by atoms with E-state index in [0.717, 1.165) is 24.1 Å². The maximum absolute atomic E-state index is 11.5. The summed E-state index contributed by atoms with van der Waals surface area (Å²) < 4.78 is 23.0. The zero-order valence-electron chi connectivity index (χ0n) is 12.3. The third-order valence-electron chi connectivity index (χ3n) is 3.32. The molecule has 0 bridgehead atoms. The second-order valence-corrected chi connectivity index (χ2v) is 7.03. The predicted octanol–water partition coefficient (Wildman–Crippen LogP) is 2.38. The molecule has 21 heavy (non-hydrogen) atoms. The van der Waals surface area contributed by atoms with Crippen LogP contribution in [0.4, 0.5) is 0 Å². The zero-order chi connectivity index (χ0) is 15.3. The summed E-state index contributed by atoms with van der Waals surface area (Å²) in [5.41, 5.74) is 2.23. The molecular weight excluding hydrogens is 284 g/mol. The zero-order valence-corrected chi connectivity index (χ0v) is 13.1. The molecule has 1 aromatic carbocycles. The average molecular weight is 304 g/mol. The van der Waals surface area contributed by atoms with E-state index >= 15 is 0 Å². The molecule has 1 heterocycles. The van der Waals surface area contributed by atoms with E-state index in [0.29, 0.717) is 4.90 Å². The quantitative estimate of drug-likeness (QED) is 0.890. The van der Waals surface area contributed by atoms with Gasteiger partial charge in [0.25, 0.3) is 0 Å². The monoisotopic (exact) mass is 304 g/mol. The van der Waals surface area contributed by atoms with Crippen LogP contribution >= 0.6 is 0 Å². The molecule has 0 aliphatic heterocycles. The van der Waals surface area contributed by atoms with Crippen LogP contribution in [0.5, 0.6) is 0 Å². The van der Waals surface area contributed by atoms with Crippen molar-refractivity contribution in [3.8, 4) is 0 Å². The molecule has 1 aromatic heterocycles. The van der Waals surface area contributed by atoms with Crippen LogP contribution in [0.2, 0.25) is 0 Å². The summed E-state index contributed by atoms with van der Waals surface area (Å²) in [5, 5.41) is 3.43. The molecule has 0 fully saturated rings. The van der Waals surface area contributed by atoms with Gasteiger partial charge in [0, 0.05) is 24.7 Å². The van der Waals surface area contributed by atoms with Crippen molar-refractivity contribution in [2.45, 2.75) is 24.3 Å². The number of pyridine rings is 1. The van der Waals surface area contributed by atoms with Crippen molar-refractivity contribution in [2.75, 3.05) is 12.8 Å². The molecule has 2 rings (SSSR count). The number of aromatic nitrogens is 1. The molecule has 1 unspecified atom stereocenters. The molecule has 0 spiro atoms. The lowest BCUT2D eigenvalue weighted by molar-refractivity contribution is 0.548. The number of rotatable bonds is 6. The van der Waals surface area contributed by atoms with E-state index in [4.69, 9.17) is 0 Å². The van der Waals surface area contributed by atoms with Crippen LogP contribution in [0.1, 0.15) is 24.1 Å². The Hall–Kier alpha value is -1.72. The van der Waals surface area contributed by atoms with Gasteiger partial charge in [-0.1, -0.05) is 25.1 Å². The van der Waals surface area contributed by atoms with Crippen molar-refractivity contribution in [3.63, 3.8) is 0 Å². The Morgan fingerprint density at radius 3 is 2.43 bits per heavy atom. The van der Waals surface area contributed by atoms with Crippen molar-refractivity contribution in [3.05, 3.63) is 59.9 Å². The van der Waals surface area contributed by atoms with E-state index in [2.05, 4.69) is 17.2 Å². The molecule has 1 N–H and O–H groups in total. The van der Waals surface area contributed by atoms with Gasteiger partial charge in [-0.15, -0.1) is 0 Å². The van der Waals surface area contributed by atoms with Gasteiger partial charge < -0.3 is 5.32 Å². The molecule has 0 amide bonds. The molecule has 112 valence electrons. The Bertz CT molecular complexity index is 667. The first-order valence-corrected chi connectivity index (χ1v) is 8.82. The van der Waals surface area contributed by atoms with Crippen LogP contribution in [0.3, 0.4) is 0 Å². The molecule has 5 heteroatoms. The Morgan fingerprint density at radius 2 is 1.90 bits per heavy atom. The van der Waals surface area contributed by atoms with Crippen molar-refractivity contribution >= 4 is 9.84 Å². The highest BCUT2D eigenvalue weighted by Gasteiger charge is 2.13. The molecule has 4 nitrogen and oxygen atoms in total. The van der Waals surface area contributed by atoms with Crippen LogP contribution in [0.25, 0.3) is 0 Å². The molecule has 0 saturated heterocycles. The first-order chi connectivity index (χ1) is 10.0. The number of nitrogens with zero attached hydrogens (tertiary/aromatic N) is 1. The summed E-state index contributed by atoms with van der Waals surface area (Å²) >= 11 is 0. The number of hydrogen-bond donors (Lipinski definition) is 1. The minimum absolute atomic E-state index is 0.146. The van der Waals surface area contributed by atoms with Gasteiger partial charge in [0.1, 0.15) is 0 Å². The lowest BCUT2D eigenvalue weighted by Crippen LogP contribution is -2.23. The molecule has 2 aromatic rings. The molecule has 0 radical (unpaired) electrons. The van der Waals surface area contributed by atoms with Gasteiger partial charge in [-0.05, 0) is 42.3 Å². The van der Waals surface area contributed by atoms with Crippen molar-refractivity contribution in [1.82, 2.24) is 10.3 Å². The fraction of sp³-hybridized carbons (Fsp3) is 0.312. The van der Waals surface area contributed by atoms with Crippen molar-refractivity contribution < 1.29 is 8.42 Å². The number of benzene rings is 1. The van der Waals surface area contributed by atoms with Gasteiger partial charge >= 0.3 is 0 Å². The van der Waals surface area contributed by atoms with E-state index in [-0.39, 0.29) is 6.04 Å².